The molecule has 1 atom stereocenters. The molecule has 0 aliphatic heterocycles. The summed E-state index contributed by atoms with van der Waals surface area (Å²) in [6, 6.07) is 10.6. The number of carbonyl (C=O) groups is 2. The van der Waals surface area contributed by atoms with E-state index in [1.807, 2.05) is 6.07 Å². The Morgan fingerprint density at radius 2 is 2.07 bits per heavy atom. The van der Waals surface area contributed by atoms with Crippen molar-refractivity contribution in [2.24, 2.45) is 0 Å². The van der Waals surface area contributed by atoms with Crippen molar-refractivity contribution >= 4 is 22.8 Å². The minimum atomic E-state index is -0.946. The number of nitrogens with zero attached hydrogens (tertiary/aromatic N) is 1. The maximum absolute atomic E-state index is 12.5. The van der Waals surface area contributed by atoms with E-state index in [2.05, 4.69) is 10.3 Å². The Balaban J connectivity index is 1.69. The molecule has 1 N–H and O–H groups in total. The summed E-state index contributed by atoms with van der Waals surface area (Å²) in [4.78, 5) is 29.0. The lowest BCUT2D eigenvalue weighted by atomic mass is 10.1. The van der Waals surface area contributed by atoms with Gasteiger partial charge in [0.1, 0.15) is 11.5 Å². The van der Waals surface area contributed by atoms with Gasteiger partial charge in [-0.25, -0.2) is 4.79 Å². The highest BCUT2D eigenvalue weighted by atomic mass is 16.5. The zero-order valence-corrected chi connectivity index (χ0v) is 15.3. The minimum Gasteiger partial charge on any atom is -0.497 e. The van der Waals surface area contributed by atoms with Crippen LogP contribution >= 0.6 is 0 Å². The van der Waals surface area contributed by atoms with Gasteiger partial charge in [-0.05, 0) is 44.2 Å². The number of aromatic nitrogens is 1. The van der Waals surface area contributed by atoms with Crippen molar-refractivity contribution in [1.82, 2.24) is 10.3 Å². The SMILES string of the molecule is COc1ccc2cc(C(=O)O[C@@H](C)C(=O)NCc3ccco3)c(C)nc2c1. The normalized spacial score (nSPS) is 11.8. The summed E-state index contributed by atoms with van der Waals surface area (Å²) in [5.41, 5.74) is 1.55. The Morgan fingerprint density at radius 3 is 2.78 bits per heavy atom. The van der Waals surface area contributed by atoms with Crippen molar-refractivity contribution in [3.8, 4) is 5.75 Å². The van der Waals surface area contributed by atoms with Crippen LogP contribution in [0.2, 0.25) is 0 Å². The number of aryl methyl sites for hydroxylation is 1. The first-order valence-corrected chi connectivity index (χ1v) is 8.44. The molecule has 0 aliphatic rings. The second kappa shape index (κ2) is 7.90. The van der Waals surface area contributed by atoms with E-state index in [-0.39, 0.29) is 6.54 Å². The molecule has 140 valence electrons. The number of hydrogen-bond acceptors (Lipinski definition) is 6. The third-order valence-corrected chi connectivity index (χ3v) is 4.11. The number of rotatable bonds is 6. The number of esters is 1. The standard InChI is InChI=1S/C20H20N2O5/c1-12-17(9-14-6-7-15(25-3)10-18(14)22-12)20(24)27-13(2)19(23)21-11-16-5-4-8-26-16/h4-10,13H,11H2,1-3H3,(H,21,23)/t13-/m0/s1. The Morgan fingerprint density at radius 1 is 1.26 bits per heavy atom. The van der Waals surface area contributed by atoms with Gasteiger partial charge in [-0.2, -0.15) is 0 Å². The molecule has 0 bridgehead atoms. The van der Waals surface area contributed by atoms with E-state index in [1.54, 1.807) is 44.4 Å². The topological polar surface area (TPSA) is 90.7 Å². The molecule has 0 saturated heterocycles. The van der Waals surface area contributed by atoms with Crippen LogP contribution in [0.25, 0.3) is 10.9 Å². The molecule has 7 heteroatoms. The quantitative estimate of drug-likeness (QED) is 0.673. The lowest BCUT2D eigenvalue weighted by molar-refractivity contribution is -0.129. The predicted octanol–water partition coefficient (Wildman–Crippen LogP) is 3.01. The summed E-state index contributed by atoms with van der Waals surface area (Å²) < 4.78 is 15.6. The monoisotopic (exact) mass is 368 g/mol. The van der Waals surface area contributed by atoms with Crippen molar-refractivity contribution in [3.63, 3.8) is 0 Å². The molecular formula is C20H20N2O5. The molecule has 7 nitrogen and oxygen atoms in total. The van der Waals surface area contributed by atoms with Gasteiger partial charge in [0.15, 0.2) is 6.10 Å². The van der Waals surface area contributed by atoms with Crippen molar-refractivity contribution in [2.45, 2.75) is 26.5 Å². The van der Waals surface area contributed by atoms with Crippen LogP contribution in [0.3, 0.4) is 0 Å². The lowest BCUT2D eigenvalue weighted by Gasteiger charge is -2.14. The molecule has 0 spiro atoms. The van der Waals surface area contributed by atoms with Gasteiger partial charge in [-0.3, -0.25) is 9.78 Å². The largest absolute Gasteiger partial charge is 0.497 e. The fourth-order valence-corrected chi connectivity index (χ4v) is 2.59. The number of ether oxygens (including phenoxy) is 2. The molecule has 2 heterocycles. The maximum atomic E-state index is 12.5. The highest BCUT2D eigenvalue weighted by Crippen LogP contribution is 2.22. The summed E-state index contributed by atoms with van der Waals surface area (Å²) >= 11 is 0. The highest BCUT2D eigenvalue weighted by molar-refractivity contribution is 5.96. The van der Waals surface area contributed by atoms with E-state index in [1.165, 1.54) is 13.2 Å². The smallest absolute Gasteiger partial charge is 0.340 e. The first-order chi connectivity index (χ1) is 13.0. The predicted molar refractivity (Wildman–Crippen MR) is 98.5 cm³/mol. The molecule has 2 aromatic heterocycles. The summed E-state index contributed by atoms with van der Waals surface area (Å²) in [6.07, 6.45) is 0.578. The van der Waals surface area contributed by atoms with Gasteiger partial charge in [-0.1, -0.05) is 0 Å². The number of benzene rings is 1. The van der Waals surface area contributed by atoms with E-state index in [4.69, 9.17) is 13.9 Å². The molecular weight excluding hydrogens is 348 g/mol. The number of furan rings is 1. The van der Waals surface area contributed by atoms with Crippen LogP contribution in [0.4, 0.5) is 0 Å². The van der Waals surface area contributed by atoms with Gasteiger partial charge in [0, 0.05) is 11.5 Å². The van der Waals surface area contributed by atoms with Crippen molar-refractivity contribution in [3.05, 3.63) is 59.7 Å². The molecule has 1 aromatic carbocycles. The van der Waals surface area contributed by atoms with Crippen LogP contribution in [0.1, 0.15) is 28.7 Å². The molecule has 27 heavy (non-hydrogen) atoms. The van der Waals surface area contributed by atoms with Crippen LogP contribution in [-0.2, 0) is 16.1 Å². The molecule has 0 fully saturated rings. The van der Waals surface area contributed by atoms with Gasteiger partial charge in [0.25, 0.3) is 5.91 Å². The van der Waals surface area contributed by atoms with Gasteiger partial charge < -0.3 is 19.2 Å². The Labute approximate surface area is 156 Å². The van der Waals surface area contributed by atoms with E-state index < -0.39 is 18.0 Å². The molecule has 0 aliphatic carbocycles. The van der Waals surface area contributed by atoms with Crippen molar-refractivity contribution in [2.75, 3.05) is 7.11 Å². The highest BCUT2D eigenvalue weighted by Gasteiger charge is 2.21. The molecule has 1 amide bonds. The molecule has 0 saturated carbocycles. The second-order valence-electron chi connectivity index (χ2n) is 6.02. The fraction of sp³-hybridized carbons (Fsp3) is 0.250. The summed E-state index contributed by atoms with van der Waals surface area (Å²) in [5, 5.41) is 3.44. The van der Waals surface area contributed by atoms with Crippen LogP contribution in [0.5, 0.6) is 5.75 Å². The third kappa shape index (κ3) is 4.25. The average molecular weight is 368 g/mol. The van der Waals surface area contributed by atoms with Crippen molar-refractivity contribution < 1.29 is 23.5 Å². The Bertz CT molecular complexity index is 966. The van der Waals surface area contributed by atoms with Gasteiger partial charge in [-0.15, -0.1) is 0 Å². The minimum absolute atomic E-state index is 0.228. The number of amides is 1. The molecule has 0 radical (unpaired) electrons. The van der Waals surface area contributed by atoms with Crippen LogP contribution in [-0.4, -0.2) is 30.1 Å². The van der Waals surface area contributed by atoms with E-state index in [0.29, 0.717) is 28.3 Å². The average Bonchev–Trinajstić information content (AvgIpc) is 3.18. The maximum Gasteiger partial charge on any atom is 0.340 e. The molecule has 3 aromatic rings. The molecule has 3 rings (SSSR count). The number of fused-ring (bicyclic) bond motifs is 1. The number of pyridine rings is 1. The first kappa shape index (κ1) is 18.4. The van der Waals surface area contributed by atoms with Gasteiger partial charge in [0.05, 0.1) is 36.7 Å². The summed E-state index contributed by atoms with van der Waals surface area (Å²) in [7, 11) is 1.58. The number of nitrogens with one attached hydrogen (secondary N) is 1. The van der Waals surface area contributed by atoms with Crippen LogP contribution in [0, 0.1) is 6.92 Å². The van der Waals surface area contributed by atoms with E-state index in [9.17, 15) is 9.59 Å². The van der Waals surface area contributed by atoms with Crippen LogP contribution < -0.4 is 10.1 Å². The molecule has 0 unspecified atom stereocenters. The number of hydrogen-bond donors (Lipinski definition) is 1. The Kier molecular flexibility index (Phi) is 5.40. The lowest BCUT2D eigenvalue weighted by Crippen LogP contribution is -2.35. The summed E-state index contributed by atoms with van der Waals surface area (Å²) in [6.45, 7) is 3.47. The van der Waals surface area contributed by atoms with Crippen molar-refractivity contribution in [1.29, 1.82) is 0 Å². The van der Waals surface area contributed by atoms with E-state index in [0.717, 1.165) is 5.39 Å². The van der Waals surface area contributed by atoms with E-state index >= 15 is 0 Å². The zero-order valence-electron chi connectivity index (χ0n) is 15.3. The van der Waals surface area contributed by atoms with Gasteiger partial charge >= 0.3 is 5.97 Å². The van der Waals surface area contributed by atoms with Gasteiger partial charge in [0.2, 0.25) is 0 Å². The van der Waals surface area contributed by atoms with Crippen LogP contribution in [0.15, 0.2) is 47.1 Å². The fourth-order valence-electron chi connectivity index (χ4n) is 2.59. The number of carbonyl (C=O) groups excluding carboxylic acids is 2. The summed E-state index contributed by atoms with van der Waals surface area (Å²) in [5.74, 6) is 0.299. The zero-order chi connectivity index (χ0) is 19.4. The first-order valence-electron chi connectivity index (χ1n) is 8.44. The Hall–Kier alpha value is -3.35. The second-order valence-corrected chi connectivity index (χ2v) is 6.02. The number of methoxy groups -OCH3 is 1. The third-order valence-electron chi connectivity index (χ3n) is 4.11.